The summed E-state index contributed by atoms with van der Waals surface area (Å²) >= 11 is 5.99. The van der Waals surface area contributed by atoms with Crippen LogP contribution in [0.4, 0.5) is 0 Å². The maximum absolute atomic E-state index is 6.45. The number of hydrogen-bond acceptors (Lipinski definition) is 3. The number of ether oxygens (including phenoxy) is 1. The molecule has 1 aliphatic heterocycles. The van der Waals surface area contributed by atoms with E-state index in [9.17, 15) is 0 Å². The standard InChI is InChI=1S/C20H25ClO3/c1-12(15-2-4-18(21)5-3-15)19-11-22-20(24-23-19)16-7-13-6-14(9-16)10-17(20)8-13/h2-5,12-14,16-17,19H,6-11H2,1H3/t12-,13?,14?,16?,17?,19-,20?/m1/s1. The van der Waals surface area contributed by atoms with E-state index in [2.05, 4.69) is 19.1 Å². The highest BCUT2D eigenvalue weighted by Gasteiger charge is 2.61. The van der Waals surface area contributed by atoms with E-state index in [4.69, 9.17) is 26.1 Å². The Hall–Kier alpha value is -0.610. The van der Waals surface area contributed by atoms with Crippen LogP contribution in [0, 0.1) is 23.7 Å². The molecule has 1 aromatic carbocycles. The van der Waals surface area contributed by atoms with Gasteiger partial charge in [0.25, 0.3) is 0 Å². The van der Waals surface area contributed by atoms with Crippen LogP contribution in [-0.4, -0.2) is 18.5 Å². The minimum absolute atomic E-state index is 0.0611. The maximum Gasteiger partial charge on any atom is 0.207 e. The van der Waals surface area contributed by atoms with Crippen LogP contribution < -0.4 is 0 Å². The summed E-state index contributed by atoms with van der Waals surface area (Å²) in [5.74, 6) is 2.62. The third-order valence-electron chi connectivity index (χ3n) is 7.00. The lowest BCUT2D eigenvalue weighted by Gasteiger charge is -2.60. The van der Waals surface area contributed by atoms with Gasteiger partial charge in [-0.3, -0.25) is 0 Å². The second kappa shape index (κ2) is 5.70. The lowest BCUT2D eigenvalue weighted by Crippen LogP contribution is -2.63. The molecule has 4 bridgehead atoms. The second-order valence-corrected chi connectivity index (χ2v) is 8.83. The van der Waals surface area contributed by atoms with Gasteiger partial charge >= 0.3 is 0 Å². The molecule has 1 spiro atoms. The lowest BCUT2D eigenvalue weighted by atomic mass is 9.53. The van der Waals surface area contributed by atoms with Crippen LogP contribution in [0.5, 0.6) is 0 Å². The molecule has 6 rings (SSSR count). The van der Waals surface area contributed by atoms with Crippen molar-refractivity contribution >= 4 is 11.6 Å². The molecule has 5 aliphatic rings. The average Bonchev–Trinajstić information content (AvgIpc) is 2.60. The molecule has 4 heteroatoms. The molecule has 0 amide bonds. The van der Waals surface area contributed by atoms with Crippen molar-refractivity contribution in [2.24, 2.45) is 23.7 Å². The third-order valence-corrected chi connectivity index (χ3v) is 7.26. The second-order valence-electron chi connectivity index (χ2n) is 8.40. The first-order valence-corrected chi connectivity index (χ1v) is 9.76. The summed E-state index contributed by atoms with van der Waals surface area (Å²) in [6.07, 6.45) is 6.40. The molecular weight excluding hydrogens is 324 g/mol. The zero-order valence-corrected chi connectivity index (χ0v) is 14.9. The molecule has 2 atom stereocenters. The summed E-state index contributed by atoms with van der Waals surface area (Å²) in [5, 5.41) is 0.760. The largest absolute Gasteiger partial charge is 0.344 e. The normalized spacial score (nSPS) is 44.8. The van der Waals surface area contributed by atoms with Gasteiger partial charge in [-0.25, -0.2) is 9.78 Å². The smallest absolute Gasteiger partial charge is 0.207 e. The average molecular weight is 349 g/mol. The molecule has 5 fully saturated rings. The number of rotatable bonds is 2. The van der Waals surface area contributed by atoms with Gasteiger partial charge in [-0.1, -0.05) is 30.7 Å². The van der Waals surface area contributed by atoms with Crippen molar-refractivity contribution in [3.8, 4) is 0 Å². The van der Waals surface area contributed by atoms with E-state index in [-0.39, 0.29) is 12.0 Å². The van der Waals surface area contributed by atoms with Crippen LogP contribution in [0.2, 0.25) is 5.02 Å². The Morgan fingerprint density at radius 1 is 1.00 bits per heavy atom. The Morgan fingerprint density at radius 2 is 1.62 bits per heavy atom. The van der Waals surface area contributed by atoms with Gasteiger partial charge in [-0.05, 0) is 61.6 Å². The Balaban J connectivity index is 1.30. The van der Waals surface area contributed by atoms with Gasteiger partial charge in [0.05, 0.1) is 6.61 Å². The first-order valence-electron chi connectivity index (χ1n) is 9.38. The monoisotopic (exact) mass is 348 g/mol. The molecule has 4 saturated carbocycles. The Kier molecular flexibility index (Phi) is 3.71. The number of halogens is 1. The zero-order chi connectivity index (χ0) is 16.3. The fourth-order valence-electron chi connectivity index (χ4n) is 5.82. The van der Waals surface area contributed by atoms with Crippen molar-refractivity contribution in [1.29, 1.82) is 0 Å². The van der Waals surface area contributed by atoms with Crippen LogP contribution in [0.15, 0.2) is 24.3 Å². The fourth-order valence-corrected chi connectivity index (χ4v) is 5.95. The molecule has 0 aromatic heterocycles. The van der Waals surface area contributed by atoms with Crippen LogP contribution in [0.1, 0.15) is 50.5 Å². The lowest BCUT2D eigenvalue weighted by molar-refractivity contribution is -0.526. The summed E-state index contributed by atoms with van der Waals surface area (Å²) in [5.41, 5.74) is 1.21. The van der Waals surface area contributed by atoms with Gasteiger partial charge in [0.15, 0.2) is 0 Å². The first kappa shape index (κ1) is 15.6. The van der Waals surface area contributed by atoms with Crippen LogP contribution in [0.3, 0.4) is 0 Å². The number of benzene rings is 1. The maximum atomic E-state index is 6.45. The molecule has 4 aliphatic carbocycles. The molecule has 24 heavy (non-hydrogen) atoms. The Labute approximate surface area is 148 Å². The summed E-state index contributed by atoms with van der Waals surface area (Å²) in [4.78, 5) is 12.0. The van der Waals surface area contributed by atoms with Crippen molar-refractivity contribution < 1.29 is 14.5 Å². The van der Waals surface area contributed by atoms with E-state index >= 15 is 0 Å². The van der Waals surface area contributed by atoms with Gasteiger partial charge in [-0.15, -0.1) is 0 Å². The molecule has 1 aromatic rings. The molecular formula is C20H25ClO3. The molecule has 0 N–H and O–H groups in total. The quantitative estimate of drug-likeness (QED) is 0.708. The highest BCUT2D eigenvalue weighted by atomic mass is 35.5. The van der Waals surface area contributed by atoms with Crippen molar-refractivity contribution in [2.75, 3.05) is 6.61 Å². The van der Waals surface area contributed by atoms with Gasteiger partial charge in [0.2, 0.25) is 5.79 Å². The topological polar surface area (TPSA) is 27.7 Å². The van der Waals surface area contributed by atoms with Crippen LogP contribution >= 0.6 is 11.6 Å². The van der Waals surface area contributed by atoms with E-state index in [0.29, 0.717) is 18.4 Å². The fraction of sp³-hybridized carbons (Fsp3) is 0.700. The molecule has 1 heterocycles. The summed E-state index contributed by atoms with van der Waals surface area (Å²) in [6, 6.07) is 7.97. The zero-order valence-electron chi connectivity index (χ0n) is 14.1. The number of hydrogen-bond donors (Lipinski definition) is 0. The summed E-state index contributed by atoms with van der Waals surface area (Å²) < 4.78 is 6.45. The molecule has 3 nitrogen and oxygen atoms in total. The highest BCUT2D eigenvalue weighted by molar-refractivity contribution is 6.30. The van der Waals surface area contributed by atoms with Crippen molar-refractivity contribution in [3.63, 3.8) is 0 Å². The predicted octanol–water partition coefficient (Wildman–Crippen LogP) is 4.94. The Bertz CT molecular complexity index is 576. The molecule has 1 saturated heterocycles. The molecule has 0 radical (unpaired) electrons. The minimum atomic E-state index is -0.455. The van der Waals surface area contributed by atoms with E-state index in [1.54, 1.807) is 0 Å². The van der Waals surface area contributed by atoms with Crippen LogP contribution in [0.25, 0.3) is 0 Å². The molecule has 130 valence electrons. The van der Waals surface area contributed by atoms with Crippen molar-refractivity contribution in [3.05, 3.63) is 34.9 Å². The Morgan fingerprint density at radius 3 is 2.17 bits per heavy atom. The molecule has 0 unspecified atom stereocenters. The third kappa shape index (κ3) is 2.36. The van der Waals surface area contributed by atoms with Crippen LogP contribution in [-0.2, 0) is 14.5 Å². The van der Waals surface area contributed by atoms with Gasteiger partial charge in [-0.2, -0.15) is 0 Å². The summed E-state index contributed by atoms with van der Waals surface area (Å²) in [7, 11) is 0. The minimum Gasteiger partial charge on any atom is -0.344 e. The van der Waals surface area contributed by atoms with Gasteiger partial charge < -0.3 is 4.74 Å². The van der Waals surface area contributed by atoms with Gasteiger partial charge in [0.1, 0.15) is 6.10 Å². The predicted molar refractivity (Wildman–Crippen MR) is 91.6 cm³/mol. The van der Waals surface area contributed by atoms with E-state index in [0.717, 1.165) is 16.9 Å². The first-order chi connectivity index (χ1) is 11.6. The van der Waals surface area contributed by atoms with Crippen molar-refractivity contribution in [2.45, 2.75) is 56.8 Å². The van der Waals surface area contributed by atoms with Gasteiger partial charge in [0, 0.05) is 22.8 Å². The van der Waals surface area contributed by atoms with E-state index in [1.165, 1.54) is 37.7 Å². The highest BCUT2D eigenvalue weighted by Crippen LogP contribution is 2.60. The SMILES string of the molecule is C[C@H](c1ccc(Cl)cc1)[C@H]1COC2(OO1)C1CC3CC(C1)CC2C3. The van der Waals surface area contributed by atoms with Crippen molar-refractivity contribution in [1.82, 2.24) is 0 Å². The van der Waals surface area contributed by atoms with E-state index in [1.807, 2.05) is 12.1 Å². The summed E-state index contributed by atoms with van der Waals surface area (Å²) in [6.45, 7) is 2.78. The van der Waals surface area contributed by atoms with E-state index < -0.39 is 5.79 Å².